The van der Waals surface area contributed by atoms with Crippen molar-refractivity contribution in [3.63, 3.8) is 0 Å². The molecule has 0 aliphatic heterocycles. The maximum absolute atomic E-state index is 3.58. The lowest BCUT2D eigenvalue weighted by Crippen LogP contribution is -2.45. The smallest absolute Gasteiger partial charge is 0.0221 e. The Morgan fingerprint density at radius 1 is 1.25 bits per heavy atom. The van der Waals surface area contributed by atoms with E-state index in [4.69, 9.17) is 0 Å². The molecule has 1 unspecified atom stereocenters. The van der Waals surface area contributed by atoms with Crippen LogP contribution in [0.4, 0.5) is 0 Å². The van der Waals surface area contributed by atoms with Crippen LogP contribution >= 0.6 is 0 Å². The van der Waals surface area contributed by atoms with E-state index < -0.39 is 0 Å². The molecule has 1 atom stereocenters. The summed E-state index contributed by atoms with van der Waals surface area (Å²) in [6.07, 6.45) is 5.37. The fourth-order valence-corrected chi connectivity index (χ4v) is 2.37. The molecule has 2 heteroatoms. The third-order valence-corrected chi connectivity index (χ3v) is 3.34. The second-order valence-electron chi connectivity index (χ2n) is 5.59. The van der Waals surface area contributed by atoms with Gasteiger partial charge in [0.1, 0.15) is 0 Å². The summed E-state index contributed by atoms with van der Waals surface area (Å²) in [5, 5.41) is 3.58. The van der Waals surface area contributed by atoms with Crippen molar-refractivity contribution in [2.45, 2.75) is 65.5 Å². The van der Waals surface area contributed by atoms with Crippen LogP contribution in [0.1, 0.15) is 53.4 Å². The molecule has 1 fully saturated rings. The summed E-state index contributed by atoms with van der Waals surface area (Å²) in [5.74, 6) is 0.792. The molecule has 0 aromatic heterocycles. The molecule has 0 saturated heterocycles. The Morgan fingerprint density at radius 2 is 1.94 bits per heavy atom. The molecule has 0 heterocycles. The number of nitrogens with zero attached hydrogens (tertiary/aromatic N) is 1. The van der Waals surface area contributed by atoms with Crippen LogP contribution in [-0.4, -0.2) is 36.6 Å². The van der Waals surface area contributed by atoms with Gasteiger partial charge in [-0.2, -0.15) is 0 Å². The Kier molecular flexibility index (Phi) is 6.37. The van der Waals surface area contributed by atoms with Gasteiger partial charge in [0, 0.05) is 25.2 Å². The van der Waals surface area contributed by atoms with Crippen LogP contribution in [0.2, 0.25) is 0 Å². The molecule has 1 N–H and O–H groups in total. The maximum Gasteiger partial charge on any atom is 0.0221 e. The summed E-state index contributed by atoms with van der Waals surface area (Å²) in [4.78, 5) is 2.76. The van der Waals surface area contributed by atoms with Gasteiger partial charge >= 0.3 is 0 Å². The number of hydrogen-bond acceptors (Lipinski definition) is 2. The Balaban J connectivity index is 2.38. The van der Waals surface area contributed by atoms with Crippen LogP contribution in [-0.2, 0) is 0 Å². The van der Waals surface area contributed by atoms with Crippen molar-refractivity contribution in [1.29, 1.82) is 0 Å². The minimum atomic E-state index is 0.751. The highest BCUT2D eigenvalue weighted by molar-refractivity contribution is 4.89. The van der Waals surface area contributed by atoms with Gasteiger partial charge < -0.3 is 5.32 Å². The van der Waals surface area contributed by atoms with Crippen molar-refractivity contribution >= 4 is 0 Å². The van der Waals surface area contributed by atoms with Crippen LogP contribution in [0.5, 0.6) is 0 Å². The molecule has 96 valence electrons. The summed E-state index contributed by atoms with van der Waals surface area (Å²) < 4.78 is 0. The van der Waals surface area contributed by atoms with Gasteiger partial charge in [-0.3, -0.25) is 4.90 Å². The van der Waals surface area contributed by atoms with Crippen LogP contribution in [0.3, 0.4) is 0 Å². The third kappa shape index (κ3) is 4.84. The highest BCUT2D eigenvalue weighted by Gasteiger charge is 2.33. The van der Waals surface area contributed by atoms with E-state index >= 15 is 0 Å². The van der Waals surface area contributed by atoms with E-state index in [0.717, 1.165) is 24.5 Å². The van der Waals surface area contributed by atoms with Gasteiger partial charge in [-0.05, 0) is 38.1 Å². The average molecular weight is 226 g/mol. The average Bonchev–Trinajstić information content (AvgIpc) is 3.05. The monoisotopic (exact) mass is 226 g/mol. The molecule has 1 rings (SSSR count). The minimum Gasteiger partial charge on any atom is -0.315 e. The van der Waals surface area contributed by atoms with Gasteiger partial charge in [-0.1, -0.05) is 27.7 Å². The van der Waals surface area contributed by atoms with Crippen molar-refractivity contribution in [1.82, 2.24) is 10.2 Å². The second-order valence-corrected chi connectivity index (χ2v) is 5.59. The molecule has 1 saturated carbocycles. The SMILES string of the molecule is CCCNCC(CC)N(CC(C)C)C1CC1. The zero-order chi connectivity index (χ0) is 12.0. The van der Waals surface area contributed by atoms with Crippen LogP contribution in [0.25, 0.3) is 0 Å². The van der Waals surface area contributed by atoms with Gasteiger partial charge in [-0.15, -0.1) is 0 Å². The predicted molar refractivity (Wildman–Crippen MR) is 71.8 cm³/mol. The zero-order valence-corrected chi connectivity index (χ0v) is 11.6. The largest absolute Gasteiger partial charge is 0.315 e. The summed E-state index contributed by atoms with van der Waals surface area (Å²) in [7, 11) is 0. The van der Waals surface area contributed by atoms with E-state index in [2.05, 4.69) is 37.9 Å². The van der Waals surface area contributed by atoms with E-state index in [1.807, 2.05) is 0 Å². The molecule has 16 heavy (non-hydrogen) atoms. The van der Waals surface area contributed by atoms with Crippen molar-refractivity contribution < 1.29 is 0 Å². The molecule has 0 radical (unpaired) electrons. The highest BCUT2D eigenvalue weighted by Crippen LogP contribution is 2.30. The van der Waals surface area contributed by atoms with Crippen LogP contribution in [0.15, 0.2) is 0 Å². The van der Waals surface area contributed by atoms with E-state index in [0.29, 0.717) is 0 Å². The molecule has 0 aromatic carbocycles. The lowest BCUT2D eigenvalue weighted by atomic mass is 10.1. The predicted octanol–water partition coefficient (Wildman–Crippen LogP) is 2.89. The summed E-state index contributed by atoms with van der Waals surface area (Å²) in [6, 6.07) is 1.65. The van der Waals surface area contributed by atoms with Gasteiger partial charge in [0.25, 0.3) is 0 Å². The normalized spacial score (nSPS) is 18.4. The van der Waals surface area contributed by atoms with Gasteiger partial charge in [0.05, 0.1) is 0 Å². The van der Waals surface area contributed by atoms with Crippen LogP contribution in [0, 0.1) is 5.92 Å². The van der Waals surface area contributed by atoms with Gasteiger partial charge in [-0.25, -0.2) is 0 Å². The topological polar surface area (TPSA) is 15.3 Å². The van der Waals surface area contributed by atoms with Gasteiger partial charge in [0.2, 0.25) is 0 Å². The number of rotatable bonds is 9. The van der Waals surface area contributed by atoms with Crippen molar-refractivity contribution in [3.8, 4) is 0 Å². The quantitative estimate of drug-likeness (QED) is 0.608. The molecule has 2 nitrogen and oxygen atoms in total. The fraction of sp³-hybridized carbons (Fsp3) is 1.00. The summed E-state index contributed by atoms with van der Waals surface area (Å²) in [5.41, 5.74) is 0. The first-order valence-corrected chi connectivity index (χ1v) is 7.15. The lowest BCUT2D eigenvalue weighted by Gasteiger charge is -2.33. The summed E-state index contributed by atoms with van der Waals surface area (Å²) in [6.45, 7) is 12.8. The molecule has 0 bridgehead atoms. The van der Waals surface area contributed by atoms with Crippen molar-refractivity contribution in [2.75, 3.05) is 19.6 Å². The Morgan fingerprint density at radius 3 is 2.38 bits per heavy atom. The van der Waals surface area contributed by atoms with E-state index in [1.54, 1.807) is 0 Å². The first-order valence-electron chi connectivity index (χ1n) is 7.15. The summed E-state index contributed by atoms with van der Waals surface area (Å²) >= 11 is 0. The Bertz CT molecular complexity index is 176. The van der Waals surface area contributed by atoms with Gasteiger partial charge in [0.15, 0.2) is 0 Å². The molecular formula is C14H30N2. The Labute approximate surface area is 102 Å². The lowest BCUT2D eigenvalue weighted by molar-refractivity contribution is 0.157. The fourth-order valence-electron chi connectivity index (χ4n) is 2.37. The van der Waals surface area contributed by atoms with Crippen LogP contribution < -0.4 is 5.32 Å². The van der Waals surface area contributed by atoms with Crippen molar-refractivity contribution in [2.24, 2.45) is 5.92 Å². The third-order valence-electron chi connectivity index (χ3n) is 3.34. The first kappa shape index (κ1) is 14.0. The van der Waals surface area contributed by atoms with Crippen molar-refractivity contribution in [3.05, 3.63) is 0 Å². The molecule has 1 aliphatic rings. The second kappa shape index (κ2) is 7.29. The molecular weight excluding hydrogens is 196 g/mol. The molecule has 0 amide bonds. The molecule has 1 aliphatic carbocycles. The number of hydrogen-bond donors (Lipinski definition) is 1. The zero-order valence-electron chi connectivity index (χ0n) is 11.6. The minimum absolute atomic E-state index is 0.751. The van der Waals surface area contributed by atoms with E-state index in [-0.39, 0.29) is 0 Å². The first-order chi connectivity index (χ1) is 7.69. The highest BCUT2D eigenvalue weighted by atomic mass is 15.2. The standard InChI is InChI=1S/C14H30N2/c1-5-9-15-10-13(6-2)16(11-12(3)4)14-7-8-14/h12-15H,5-11H2,1-4H3. The molecule has 0 aromatic rings. The van der Waals surface area contributed by atoms with E-state index in [1.165, 1.54) is 38.8 Å². The maximum atomic E-state index is 3.58. The number of nitrogens with one attached hydrogen (secondary N) is 1. The molecule has 0 spiro atoms. The Hall–Kier alpha value is -0.0800. The van der Waals surface area contributed by atoms with E-state index in [9.17, 15) is 0 Å².